The van der Waals surface area contributed by atoms with Gasteiger partial charge in [0.15, 0.2) is 5.66 Å². The molecule has 2 aliphatic rings. The first kappa shape index (κ1) is 17.7. The maximum absolute atomic E-state index is 12.6. The molecule has 0 aliphatic carbocycles. The summed E-state index contributed by atoms with van der Waals surface area (Å²) in [6.45, 7) is 2.65. The lowest BCUT2D eigenvalue weighted by atomic mass is 9.89. The first-order valence-corrected chi connectivity index (χ1v) is 9.68. The van der Waals surface area contributed by atoms with Gasteiger partial charge in [0.25, 0.3) is 5.91 Å². The van der Waals surface area contributed by atoms with Crippen molar-refractivity contribution in [3.63, 3.8) is 0 Å². The lowest BCUT2D eigenvalue weighted by Crippen LogP contribution is -2.28. The molecule has 1 aromatic heterocycles. The highest BCUT2D eigenvalue weighted by molar-refractivity contribution is 5.98. The molecule has 0 radical (unpaired) electrons. The summed E-state index contributed by atoms with van der Waals surface area (Å²) in [6, 6.07) is 5.88. The largest absolute Gasteiger partial charge is 0.361 e. The van der Waals surface area contributed by atoms with Crippen LogP contribution in [0.3, 0.4) is 0 Å². The number of terminal acetylenes is 1. The van der Waals surface area contributed by atoms with Gasteiger partial charge >= 0.3 is 0 Å². The van der Waals surface area contributed by atoms with Crippen molar-refractivity contribution >= 4 is 16.8 Å². The van der Waals surface area contributed by atoms with Crippen LogP contribution in [0, 0.1) is 12.3 Å². The molecule has 6 nitrogen and oxygen atoms in total. The van der Waals surface area contributed by atoms with E-state index >= 15 is 0 Å². The molecule has 1 aromatic carbocycles. The normalized spacial score (nSPS) is 18.3. The van der Waals surface area contributed by atoms with Crippen LogP contribution in [0.1, 0.15) is 53.9 Å². The van der Waals surface area contributed by atoms with E-state index in [2.05, 4.69) is 38.0 Å². The van der Waals surface area contributed by atoms with Gasteiger partial charge in [-0.2, -0.15) is 10.2 Å². The smallest absolute Gasteiger partial charge is 0.251 e. The molecule has 1 saturated heterocycles. The van der Waals surface area contributed by atoms with Crippen molar-refractivity contribution in [2.24, 2.45) is 10.2 Å². The second kappa shape index (κ2) is 7.53. The molecule has 3 heterocycles. The Hall–Kier alpha value is -2.65. The van der Waals surface area contributed by atoms with Crippen molar-refractivity contribution in [3.05, 3.63) is 35.5 Å². The van der Waals surface area contributed by atoms with E-state index < -0.39 is 0 Å². The van der Waals surface area contributed by atoms with Crippen LogP contribution in [0.4, 0.5) is 0 Å². The van der Waals surface area contributed by atoms with Gasteiger partial charge in [-0.3, -0.25) is 4.79 Å². The number of hydrogen-bond acceptors (Lipinski definition) is 4. The number of aromatic nitrogens is 1. The molecule has 4 rings (SSSR count). The second-order valence-electron chi connectivity index (χ2n) is 7.42. The van der Waals surface area contributed by atoms with Crippen LogP contribution in [0.2, 0.25) is 0 Å². The Morgan fingerprint density at radius 1 is 1.30 bits per heavy atom. The van der Waals surface area contributed by atoms with Gasteiger partial charge < -0.3 is 15.6 Å². The van der Waals surface area contributed by atoms with Crippen LogP contribution in [-0.2, 0) is 0 Å². The fraction of sp³-hybridized carbons (Fsp3) is 0.476. The summed E-state index contributed by atoms with van der Waals surface area (Å²) in [5, 5.41) is 15.8. The monoisotopic (exact) mass is 363 g/mol. The molecule has 1 fully saturated rings. The standard InChI is InChI=1S/C21H25N5O/c1-2-3-8-21(25-26-21)9-12-23-20(27)16-4-5-19-17(13-16)18(14-24-19)15-6-10-22-11-7-15/h1,4-5,13-15,22,24H,3,6-12H2,(H,23,27). The van der Waals surface area contributed by atoms with Gasteiger partial charge in [0.1, 0.15) is 0 Å². The lowest BCUT2D eigenvalue weighted by molar-refractivity contribution is 0.0952. The molecule has 6 heteroatoms. The first-order chi connectivity index (χ1) is 13.2. The number of benzene rings is 1. The number of carbonyl (C=O) groups excluding carboxylic acids is 1. The number of aromatic amines is 1. The van der Waals surface area contributed by atoms with Crippen LogP contribution in [0.25, 0.3) is 10.9 Å². The number of hydrogen-bond donors (Lipinski definition) is 3. The van der Waals surface area contributed by atoms with Gasteiger partial charge in [0.05, 0.1) is 0 Å². The summed E-state index contributed by atoms with van der Waals surface area (Å²) in [4.78, 5) is 15.9. The summed E-state index contributed by atoms with van der Waals surface area (Å²) in [6.07, 6.45) is 11.8. The lowest BCUT2D eigenvalue weighted by Gasteiger charge is -2.22. The number of nitrogens with one attached hydrogen (secondary N) is 3. The van der Waals surface area contributed by atoms with Crippen LogP contribution in [0.5, 0.6) is 0 Å². The van der Waals surface area contributed by atoms with Crippen LogP contribution in [0.15, 0.2) is 34.6 Å². The van der Waals surface area contributed by atoms with Crippen molar-refractivity contribution in [2.45, 2.75) is 43.7 Å². The van der Waals surface area contributed by atoms with E-state index in [1.165, 1.54) is 5.56 Å². The first-order valence-electron chi connectivity index (χ1n) is 9.68. The average molecular weight is 363 g/mol. The Balaban J connectivity index is 1.41. The Morgan fingerprint density at radius 3 is 2.85 bits per heavy atom. The Bertz CT molecular complexity index is 895. The SMILES string of the molecule is C#CCCC1(CCNC(=O)c2ccc3[nH]cc(C4CCNCC4)c3c2)N=N1. The van der Waals surface area contributed by atoms with Gasteiger partial charge in [-0.1, -0.05) is 0 Å². The molecule has 27 heavy (non-hydrogen) atoms. The Morgan fingerprint density at radius 2 is 2.11 bits per heavy atom. The molecule has 0 spiro atoms. The van der Waals surface area contributed by atoms with E-state index in [1.54, 1.807) is 0 Å². The third kappa shape index (κ3) is 3.88. The average Bonchev–Trinajstić information content (AvgIpc) is 3.35. The number of amides is 1. The van der Waals surface area contributed by atoms with E-state index in [0.29, 0.717) is 30.9 Å². The number of piperidine rings is 1. The number of fused-ring (bicyclic) bond motifs is 1. The van der Waals surface area contributed by atoms with Crippen LogP contribution in [-0.4, -0.2) is 36.2 Å². The molecule has 3 N–H and O–H groups in total. The molecule has 0 bridgehead atoms. The summed E-state index contributed by atoms with van der Waals surface area (Å²) in [5.41, 5.74) is 2.75. The molecule has 0 unspecified atom stereocenters. The van der Waals surface area contributed by atoms with Crippen molar-refractivity contribution < 1.29 is 4.79 Å². The summed E-state index contributed by atoms with van der Waals surface area (Å²) < 4.78 is 0. The van der Waals surface area contributed by atoms with Crippen molar-refractivity contribution in [1.82, 2.24) is 15.6 Å². The van der Waals surface area contributed by atoms with Gasteiger partial charge in [-0.05, 0) is 55.6 Å². The van der Waals surface area contributed by atoms with Gasteiger partial charge in [0.2, 0.25) is 0 Å². The second-order valence-corrected chi connectivity index (χ2v) is 7.42. The maximum Gasteiger partial charge on any atom is 0.251 e. The topological polar surface area (TPSA) is 81.6 Å². The van der Waals surface area contributed by atoms with Crippen molar-refractivity contribution in [1.29, 1.82) is 0 Å². The molecule has 140 valence electrons. The van der Waals surface area contributed by atoms with E-state index in [-0.39, 0.29) is 11.6 Å². The third-order valence-electron chi connectivity index (χ3n) is 5.62. The zero-order valence-electron chi connectivity index (χ0n) is 15.4. The number of nitrogens with zero attached hydrogens (tertiary/aromatic N) is 2. The molecule has 0 saturated carbocycles. The highest BCUT2D eigenvalue weighted by atomic mass is 16.1. The van der Waals surface area contributed by atoms with E-state index in [9.17, 15) is 4.79 Å². The molecule has 2 aliphatic heterocycles. The molecule has 1 amide bonds. The van der Waals surface area contributed by atoms with E-state index in [0.717, 1.165) is 43.3 Å². The molecule has 0 atom stereocenters. The highest BCUT2D eigenvalue weighted by Crippen LogP contribution is 2.36. The minimum atomic E-state index is -0.355. The molecular formula is C21H25N5O. The van der Waals surface area contributed by atoms with E-state index in [4.69, 9.17) is 6.42 Å². The number of H-pyrrole nitrogens is 1. The quantitative estimate of drug-likeness (QED) is 0.660. The Kier molecular flexibility index (Phi) is 4.95. The number of rotatable bonds is 7. The maximum atomic E-state index is 12.6. The van der Waals surface area contributed by atoms with Gasteiger partial charge in [0, 0.05) is 48.5 Å². The number of carbonyl (C=O) groups is 1. The summed E-state index contributed by atoms with van der Waals surface area (Å²) >= 11 is 0. The van der Waals surface area contributed by atoms with Gasteiger partial charge in [-0.25, -0.2) is 0 Å². The Labute approximate surface area is 159 Å². The predicted molar refractivity (Wildman–Crippen MR) is 106 cm³/mol. The van der Waals surface area contributed by atoms with Crippen molar-refractivity contribution in [2.75, 3.05) is 19.6 Å². The van der Waals surface area contributed by atoms with Gasteiger partial charge in [-0.15, -0.1) is 12.3 Å². The predicted octanol–water partition coefficient (Wildman–Crippen LogP) is 3.33. The highest BCUT2D eigenvalue weighted by Gasteiger charge is 2.38. The van der Waals surface area contributed by atoms with Crippen molar-refractivity contribution in [3.8, 4) is 12.3 Å². The van der Waals surface area contributed by atoms with E-state index in [1.807, 2.05) is 18.2 Å². The molecule has 2 aromatic rings. The minimum absolute atomic E-state index is 0.0536. The summed E-state index contributed by atoms with van der Waals surface area (Å²) in [7, 11) is 0. The summed E-state index contributed by atoms with van der Waals surface area (Å²) in [5.74, 6) is 3.12. The minimum Gasteiger partial charge on any atom is -0.361 e. The molecular weight excluding hydrogens is 338 g/mol. The third-order valence-corrected chi connectivity index (χ3v) is 5.62. The zero-order valence-corrected chi connectivity index (χ0v) is 15.4. The fourth-order valence-electron chi connectivity index (χ4n) is 3.90. The van der Waals surface area contributed by atoms with Crippen LogP contribution >= 0.6 is 0 Å². The zero-order chi connectivity index (χ0) is 18.7. The van der Waals surface area contributed by atoms with Crippen LogP contribution < -0.4 is 10.6 Å². The fourth-order valence-corrected chi connectivity index (χ4v) is 3.90.